The number of nitrogens with zero attached hydrogens (tertiary/aromatic N) is 4. The average molecular weight is 226 g/mol. The van der Waals surface area contributed by atoms with Gasteiger partial charge in [0.25, 0.3) is 11.2 Å². The Hall–Kier alpha value is -2.78. The second-order valence-electron chi connectivity index (χ2n) is 2.78. The quantitative estimate of drug-likeness (QED) is 0.406. The predicted molar refractivity (Wildman–Crippen MR) is 46.3 cm³/mol. The lowest BCUT2D eigenvalue weighted by molar-refractivity contribution is -0.783. The third-order valence-corrected chi connectivity index (χ3v) is 1.86. The molecule has 2 aromatic rings. The Kier molecular flexibility index (Phi) is 1.90. The maximum Gasteiger partial charge on any atom is 0.331 e. The summed E-state index contributed by atoms with van der Waals surface area (Å²) in [5.41, 5.74) is -1.94. The molecule has 0 aliphatic heterocycles. The minimum absolute atomic E-state index is 0.169. The molecule has 0 radical (unpaired) electrons. The highest BCUT2D eigenvalue weighted by Crippen LogP contribution is 2.27. The number of hydrogen-bond acceptors (Lipinski definition) is 7. The average Bonchev–Trinajstić information content (AvgIpc) is 2.59. The summed E-state index contributed by atoms with van der Waals surface area (Å²) in [5, 5.41) is 35.2. The van der Waals surface area contributed by atoms with Crippen LogP contribution in [-0.4, -0.2) is 15.0 Å². The van der Waals surface area contributed by atoms with Gasteiger partial charge < -0.3 is 5.21 Å². The van der Waals surface area contributed by atoms with Crippen LogP contribution in [0.5, 0.6) is 0 Å². The van der Waals surface area contributed by atoms with Crippen LogP contribution < -0.4 is 4.90 Å². The van der Waals surface area contributed by atoms with Gasteiger partial charge in [-0.15, -0.1) is 0 Å². The molecule has 0 N–H and O–H groups in total. The smallest absolute Gasteiger partial charge is 0.331 e. The first-order chi connectivity index (χ1) is 7.50. The van der Waals surface area contributed by atoms with Gasteiger partial charge >= 0.3 is 11.2 Å². The highest BCUT2D eigenvalue weighted by molar-refractivity contribution is 5.83. The second-order valence-corrected chi connectivity index (χ2v) is 2.78. The van der Waals surface area contributed by atoms with Gasteiger partial charge in [0.2, 0.25) is 0 Å². The third kappa shape index (κ3) is 1.28. The molecule has 82 valence electrons. The van der Waals surface area contributed by atoms with Crippen molar-refractivity contribution in [3.05, 3.63) is 37.6 Å². The van der Waals surface area contributed by atoms with E-state index in [0.717, 1.165) is 6.07 Å². The van der Waals surface area contributed by atoms with Crippen LogP contribution in [0.3, 0.4) is 0 Å². The zero-order valence-electron chi connectivity index (χ0n) is 7.39. The SMILES string of the molecule is O=[N+]([O-])c1cc([N+](=O)[O-])c2c(c1)no[n+]2[O-]. The fourth-order valence-corrected chi connectivity index (χ4v) is 1.21. The van der Waals surface area contributed by atoms with Crippen LogP contribution in [0, 0.1) is 25.4 Å². The second kappa shape index (κ2) is 3.12. The molecule has 0 saturated heterocycles. The molecule has 0 aliphatic rings. The molecule has 0 bridgehead atoms. The van der Waals surface area contributed by atoms with Crippen molar-refractivity contribution in [1.82, 2.24) is 5.16 Å². The minimum atomic E-state index is -0.916. The van der Waals surface area contributed by atoms with Crippen molar-refractivity contribution in [2.45, 2.75) is 0 Å². The van der Waals surface area contributed by atoms with Crippen LogP contribution in [0.4, 0.5) is 11.4 Å². The zero-order valence-corrected chi connectivity index (χ0v) is 7.39. The lowest BCUT2D eigenvalue weighted by Crippen LogP contribution is -2.23. The van der Waals surface area contributed by atoms with E-state index < -0.39 is 26.7 Å². The molecular formula is C6H2N4O6. The first kappa shape index (κ1) is 9.76. The lowest BCUT2D eigenvalue weighted by Gasteiger charge is -1.92. The highest BCUT2D eigenvalue weighted by atomic mass is 16.8. The number of fused-ring (bicyclic) bond motifs is 1. The molecule has 0 atom stereocenters. The lowest BCUT2D eigenvalue weighted by atomic mass is 10.2. The minimum Gasteiger partial charge on any atom is -0.359 e. The molecule has 0 unspecified atom stereocenters. The zero-order chi connectivity index (χ0) is 11.9. The van der Waals surface area contributed by atoms with Crippen molar-refractivity contribution in [2.75, 3.05) is 0 Å². The molecule has 1 aromatic carbocycles. The van der Waals surface area contributed by atoms with Gasteiger partial charge in [-0.25, -0.2) is 0 Å². The maximum atomic E-state index is 11.0. The van der Waals surface area contributed by atoms with Crippen molar-refractivity contribution >= 4 is 22.4 Å². The van der Waals surface area contributed by atoms with Crippen molar-refractivity contribution < 1.29 is 19.4 Å². The standard InChI is InChI=1S/C6H2N4O6/c11-8(12)3-1-4-6(10(15)16-7-4)5(2-3)9(13)14/h1-2H. The molecular weight excluding hydrogens is 224 g/mol. The molecule has 0 saturated carbocycles. The van der Waals surface area contributed by atoms with Crippen LogP contribution in [0.25, 0.3) is 11.0 Å². The largest absolute Gasteiger partial charge is 0.359 e. The van der Waals surface area contributed by atoms with Gasteiger partial charge in [0.05, 0.1) is 22.0 Å². The normalized spacial score (nSPS) is 10.5. The van der Waals surface area contributed by atoms with Gasteiger partial charge in [0.15, 0.2) is 0 Å². The molecule has 10 heteroatoms. The summed E-state index contributed by atoms with van der Waals surface area (Å²) in [6.45, 7) is 0. The predicted octanol–water partition coefficient (Wildman–Crippen LogP) is 0.278. The molecule has 16 heavy (non-hydrogen) atoms. The molecule has 0 amide bonds. The number of hydrogen-bond donors (Lipinski definition) is 0. The first-order valence-electron chi connectivity index (χ1n) is 3.83. The fraction of sp³-hybridized carbons (Fsp3) is 0. The highest BCUT2D eigenvalue weighted by Gasteiger charge is 2.28. The van der Waals surface area contributed by atoms with Crippen LogP contribution >= 0.6 is 0 Å². The molecule has 10 nitrogen and oxygen atoms in total. The summed E-state index contributed by atoms with van der Waals surface area (Å²) in [6, 6.07) is 1.59. The maximum absolute atomic E-state index is 11.0. The third-order valence-electron chi connectivity index (χ3n) is 1.86. The van der Waals surface area contributed by atoms with Gasteiger partial charge in [0, 0.05) is 5.16 Å². The van der Waals surface area contributed by atoms with Crippen molar-refractivity contribution in [1.29, 1.82) is 0 Å². The van der Waals surface area contributed by atoms with Crippen LogP contribution in [0.15, 0.2) is 16.8 Å². The van der Waals surface area contributed by atoms with Gasteiger partial charge in [-0.1, -0.05) is 0 Å². The Morgan fingerprint density at radius 1 is 1.25 bits per heavy atom. The van der Waals surface area contributed by atoms with E-state index in [4.69, 9.17) is 0 Å². The summed E-state index contributed by atoms with van der Waals surface area (Å²) in [4.78, 5) is 19.2. The summed E-state index contributed by atoms with van der Waals surface area (Å²) >= 11 is 0. The van der Waals surface area contributed by atoms with Crippen LogP contribution in [0.1, 0.15) is 0 Å². The van der Waals surface area contributed by atoms with E-state index >= 15 is 0 Å². The van der Waals surface area contributed by atoms with Crippen molar-refractivity contribution in [3.8, 4) is 0 Å². The molecule has 1 aromatic heterocycles. The number of rotatable bonds is 2. The van der Waals surface area contributed by atoms with E-state index in [0.29, 0.717) is 6.07 Å². The number of nitro groups is 2. The number of nitro benzene ring substituents is 2. The molecule has 0 spiro atoms. The Bertz CT molecular complexity index is 604. The molecule has 2 rings (SSSR count). The first-order valence-corrected chi connectivity index (χ1v) is 3.83. The fourth-order valence-electron chi connectivity index (χ4n) is 1.21. The number of non-ortho nitro benzene ring substituents is 2. The number of benzene rings is 1. The van der Waals surface area contributed by atoms with Crippen LogP contribution in [0.2, 0.25) is 0 Å². The summed E-state index contributed by atoms with van der Waals surface area (Å²) in [6.07, 6.45) is 0. The Labute approximate surface area is 85.5 Å². The van der Waals surface area contributed by atoms with Gasteiger partial charge in [-0.3, -0.25) is 24.9 Å². The topological polar surface area (TPSA) is 139 Å². The van der Waals surface area contributed by atoms with E-state index in [2.05, 4.69) is 9.79 Å². The van der Waals surface area contributed by atoms with Crippen LogP contribution in [-0.2, 0) is 0 Å². The Morgan fingerprint density at radius 2 is 1.94 bits per heavy atom. The number of aromatic nitrogens is 2. The monoisotopic (exact) mass is 226 g/mol. The van der Waals surface area contributed by atoms with Gasteiger partial charge in [0.1, 0.15) is 0 Å². The molecule has 0 aliphatic carbocycles. The van der Waals surface area contributed by atoms with Gasteiger partial charge in [-0.05, 0) is 4.90 Å². The van der Waals surface area contributed by atoms with E-state index in [9.17, 15) is 25.4 Å². The van der Waals surface area contributed by atoms with Crippen molar-refractivity contribution in [2.24, 2.45) is 0 Å². The van der Waals surface area contributed by atoms with E-state index in [1.54, 1.807) is 0 Å². The van der Waals surface area contributed by atoms with E-state index in [1.165, 1.54) is 0 Å². The molecule has 0 fully saturated rings. The molecule has 1 heterocycles. The Balaban J connectivity index is 2.86. The Morgan fingerprint density at radius 3 is 2.50 bits per heavy atom. The van der Waals surface area contributed by atoms with Crippen molar-refractivity contribution in [3.63, 3.8) is 0 Å². The summed E-state index contributed by atoms with van der Waals surface area (Å²) < 4.78 is 4.12. The summed E-state index contributed by atoms with van der Waals surface area (Å²) in [5.74, 6) is 0. The van der Waals surface area contributed by atoms with E-state index in [1.807, 2.05) is 0 Å². The van der Waals surface area contributed by atoms with Gasteiger partial charge in [-0.2, -0.15) is 0 Å². The summed E-state index contributed by atoms with van der Waals surface area (Å²) in [7, 11) is 0. The van der Waals surface area contributed by atoms with E-state index in [-0.39, 0.29) is 10.4 Å².